The highest BCUT2D eigenvalue weighted by Crippen LogP contribution is 2.27. The van der Waals surface area contributed by atoms with Crippen molar-refractivity contribution >= 4 is 34.0 Å². The normalized spacial score (nSPS) is 21.6. The minimum Gasteiger partial charge on any atom is -0.388 e. The highest BCUT2D eigenvalue weighted by Gasteiger charge is 2.43. The number of nitrogen functional groups attached to an aromatic ring is 1. The van der Waals surface area contributed by atoms with Crippen LogP contribution in [0.4, 0.5) is 11.8 Å². The smallest absolute Gasteiger partial charge is 0.201 e. The highest BCUT2D eigenvalue weighted by molar-refractivity contribution is 5.81. The zero-order chi connectivity index (χ0) is 29.3. The number of nitrogens with zero attached hydrogens (tertiary/aromatic N) is 6. The zero-order valence-corrected chi connectivity index (χ0v) is 24.6. The summed E-state index contributed by atoms with van der Waals surface area (Å²) in [4.78, 5) is 22.9. The molecule has 0 saturated carbocycles. The second-order valence-corrected chi connectivity index (χ2v) is 12.3. The Balaban J connectivity index is 1.11. The van der Waals surface area contributed by atoms with Crippen LogP contribution < -0.4 is 11.1 Å². The van der Waals surface area contributed by atoms with Gasteiger partial charge in [0.25, 0.3) is 0 Å². The molecule has 1 aliphatic heterocycles. The molecule has 4 atom stereocenters. The van der Waals surface area contributed by atoms with Gasteiger partial charge in [0.1, 0.15) is 30.2 Å². The van der Waals surface area contributed by atoms with Crippen LogP contribution in [0, 0.1) is 0 Å². The molecule has 0 radical (unpaired) electrons. The van der Waals surface area contributed by atoms with Crippen molar-refractivity contribution in [3.63, 3.8) is 0 Å². The van der Waals surface area contributed by atoms with Crippen molar-refractivity contribution in [1.82, 2.24) is 34.4 Å². The van der Waals surface area contributed by atoms with Gasteiger partial charge in [0, 0.05) is 19.1 Å². The number of H-pyrrole nitrogens is 1. The molecule has 0 aliphatic carbocycles. The predicted octanol–water partition coefficient (Wildman–Crippen LogP) is 2.67. The fourth-order valence-corrected chi connectivity index (χ4v) is 5.35. The Kier molecular flexibility index (Phi) is 8.46. The van der Waals surface area contributed by atoms with E-state index in [1.165, 1.54) is 11.9 Å². The van der Waals surface area contributed by atoms with Crippen LogP contribution in [0.15, 0.2) is 30.9 Å². The molecule has 1 fully saturated rings. The quantitative estimate of drug-likeness (QED) is 0.171. The number of aliphatic hydroxyl groups excluding tert-OH is 2. The van der Waals surface area contributed by atoms with E-state index in [1.54, 1.807) is 10.9 Å². The first-order valence-electron chi connectivity index (χ1n) is 14.4. The van der Waals surface area contributed by atoms with E-state index in [4.69, 9.17) is 10.5 Å². The van der Waals surface area contributed by atoms with Crippen molar-refractivity contribution in [1.29, 1.82) is 0 Å². The average Bonchev–Trinajstić information content (AvgIpc) is 3.60. The van der Waals surface area contributed by atoms with Gasteiger partial charge in [-0.3, -0.25) is 4.90 Å². The fraction of sp³-hybridized carbons (Fsp3) is 0.586. The second-order valence-electron chi connectivity index (χ2n) is 12.3. The standard InChI is InChI=1S/C29H43N9O3/c1-17(2)37(11-7-6-10-31-28-35-19-9-8-18(29(3,4)5)12-20(19)36-28)13-21-24(39)25(40)22(41-21)14-38-16-34-23-26(30)32-15-33-27(23)38/h8-9,12,15-17,21-22,24-25,39-40H,6-7,10-11,13-14H2,1-5H3,(H2,30,32,33)(H2,31,35,36)/t21-,22+,24-,25+/m1/s1. The lowest BCUT2D eigenvalue weighted by molar-refractivity contribution is -0.0208. The van der Waals surface area contributed by atoms with Gasteiger partial charge in [0.2, 0.25) is 5.95 Å². The van der Waals surface area contributed by atoms with Crippen LogP contribution >= 0.6 is 0 Å². The molecule has 222 valence electrons. The van der Waals surface area contributed by atoms with Gasteiger partial charge >= 0.3 is 0 Å². The topological polar surface area (TPSA) is 163 Å². The van der Waals surface area contributed by atoms with E-state index in [-0.39, 0.29) is 11.5 Å². The second kappa shape index (κ2) is 11.9. The molecule has 12 heteroatoms. The van der Waals surface area contributed by atoms with Crippen molar-refractivity contribution in [2.75, 3.05) is 30.7 Å². The molecule has 1 aromatic carbocycles. The molecule has 0 bridgehead atoms. The van der Waals surface area contributed by atoms with Crippen molar-refractivity contribution in [2.24, 2.45) is 0 Å². The van der Waals surface area contributed by atoms with Crippen molar-refractivity contribution in [3.8, 4) is 0 Å². The van der Waals surface area contributed by atoms with Gasteiger partial charge in [-0.05, 0) is 56.3 Å². The molecular weight excluding hydrogens is 522 g/mol. The first-order chi connectivity index (χ1) is 19.5. The van der Waals surface area contributed by atoms with Crippen molar-refractivity contribution in [3.05, 3.63) is 36.4 Å². The molecule has 0 spiro atoms. The van der Waals surface area contributed by atoms with Crippen LogP contribution in [0.5, 0.6) is 0 Å². The Bertz CT molecular complexity index is 1460. The molecule has 1 aliphatic rings. The number of anilines is 2. The summed E-state index contributed by atoms with van der Waals surface area (Å²) in [6.45, 7) is 13.4. The fourth-order valence-electron chi connectivity index (χ4n) is 5.35. The number of ether oxygens (including phenoxy) is 1. The van der Waals surface area contributed by atoms with Crippen LogP contribution in [0.25, 0.3) is 22.2 Å². The number of hydrogen-bond acceptors (Lipinski definition) is 10. The molecule has 5 rings (SSSR count). The zero-order valence-electron chi connectivity index (χ0n) is 24.6. The van der Waals surface area contributed by atoms with Gasteiger partial charge < -0.3 is 35.6 Å². The third-order valence-electron chi connectivity index (χ3n) is 7.92. The first kappa shape index (κ1) is 29.2. The third-order valence-corrected chi connectivity index (χ3v) is 7.92. The van der Waals surface area contributed by atoms with Crippen molar-refractivity contribution in [2.45, 2.75) is 89.9 Å². The largest absolute Gasteiger partial charge is 0.388 e. The van der Waals surface area contributed by atoms with E-state index in [1.807, 2.05) is 0 Å². The Morgan fingerprint density at radius 1 is 1.12 bits per heavy atom. The molecule has 4 heterocycles. The first-order valence-corrected chi connectivity index (χ1v) is 14.4. The van der Waals surface area contributed by atoms with Crippen LogP contribution in [-0.2, 0) is 16.7 Å². The van der Waals surface area contributed by atoms with Gasteiger partial charge in [-0.1, -0.05) is 26.8 Å². The molecule has 1 saturated heterocycles. The summed E-state index contributed by atoms with van der Waals surface area (Å²) in [5, 5.41) is 25.0. The van der Waals surface area contributed by atoms with Gasteiger partial charge in [0.05, 0.1) is 30.0 Å². The van der Waals surface area contributed by atoms with E-state index in [9.17, 15) is 10.2 Å². The molecule has 4 aromatic rings. The highest BCUT2D eigenvalue weighted by atomic mass is 16.5. The van der Waals surface area contributed by atoms with E-state index >= 15 is 0 Å². The van der Waals surface area contributed by atoms with E-state index < -0.39 is 24.4 Å². The number of hydrogen-bond donors (Lipinski definition) is 5. The van der Waals surface area contributed by atoms with Gasteiger partial charge in [0.15, 0.2) is 11.5 Å². The van der Waals surface area contributed by atoms with Gasteiger partial charge in [-0.15, -0.1) is 0 Å². The molecule has 41 heavy (non-hydrogen) atoms. The number of rotatable bonds is 11. The summed E-state index contributed by atoms with van der Waals surface area (Å²) in [5.41, 5.74) is 10.3. The van der Waals surface area contributed by atoms with Crippen LogP contribution in [0.1, 0.15) is 53.0 Å². The third kappa shape index (κ3) is 6.45. The Hall–Kier alpha value is -3.32. The lowest BCUT2D eigenvalue weighted by atomic mass is 9.87. The van der Waals surface area contributed by atoms with Crippen LogP contribution in [-0.4, -0.2) is 94.7 Å². The minimum absolute atomic E-state index is 0.0904. The molecule has 12 nitrogen and oxygen atoms in total. The number of benzene rings is 1. The van der Waals surface area contributed by atoms with Crippen LogP contribution in [0.3, 0.4) is 0 Å². The minimum atomic E-state index is -1.02. The maximum Gasteiger partial charge on any atom is 0.201 e. The monoisotopic (exact) mass is 565 g/mol. The molecule has 6 N–H and O–H groups in total. The van der Waals surface area contributed by atoms with E-state index in [0.29, 0.717) is 30.1 Å². The number of aliphatic hydroxyl groups is 2. The number of fused-ring (bicyclic) bond motifs is 2. The number of aromatic nitrogens is 6. The van der Waals surface area contributed by atoms with Crippen LogP contribution in [0.2, 0.25) is 0 Å². The SMILES string of the molecule is CC(C)N(CCCCNc1nc2ccc(C(C)(C)C)cc2[nH]1)C[C@H]1O[C@@H](Cn2cnc3c(N)ncnc32)[C@H](O)[C@@H]1O. The van der Waals surface area contributed by atoms with E-state index in [0.717, 1.165) is 42.9 Å². The molecular formula is C29H43N9O3. The Morgan fingerprint density at radius 2 is 1.90 bits per heavy atom. The Labute approximate surface area is 240 Å². The number of nitrogens with one attached hydrogen (secondary N) is 2. The summed E-state index contributed by atoms with van der Waals surface area (Å²) in [7, 11) is 0. The summed E-state index contributed by atoms with van der Waals surface area (Å²) in [5.74, 6) is 1.09. The average molecular weight is 566 g/mol. The number of imidazole rings is 2. The summed E-state index contributed by atoms with van der Waals surface area (Å²) < 4.78 is 7.95. The number of unbranched alkanes of at least 4 members (excludes halogenated alkanes) is 1. The summed E-state index contributed by atoms with van der Waals surface area (Å²) >= 11 is 0. The molecule has 0 unspecified atom stereocenters. The summed E-state index contributed by atoms with van der Waals surface area (Å²) in [6.07, 6.45) is 1.83. The maximum atomic E-state index is 10.8. The molecule has 3 aromatic heterocycles. The lowest BCUT2D eigenvalue weighted by Crippen LogP contribution is -2.43. The summed E-state index contributed by atoms with van der Waals surface area (Å²) in [6, 6.07) is 6.65. The van der Waals surface area contributed by atoms with Gasteiger partial charge in [-0.2, -0.15) is 0 Å². The number of aromatic amines is 1. The maximum absolute atomic E-state index is 10.8. The molecule has 0 amide bonds. The predicted molar refractivity (Wildman–Crippen MR) is 160 cm³/mol. The number of nitrogens with two attached hydrogens (primary N) is 1. The van der Waals surface area contributed by atoms with E-state index in [2.05, 4.69) is 88.0 Å². The lowest BCUT2D eigenvalue weighted by Gasteiger charge is -2.30. The van der Waals surface area contributed by atoms with Gasteiger partial charge in [-0.25, -0.2) is 19.9 Å². The van der Waals surface area contributed by atoms with Crippen molar-refractivity contribution < 1.29 is 14.9 Å². The Morgan fingerprint density at radius 3 is 2.66 bits per heavy atom.